The van der Waals surface area contributed by atoms with E-state index in [-0.39, 0.29) is 0 Å². The molecule has 18 heavy (non-hydrogen) atoms. The molecule has 0 bridgehead atoms. The molecule has 94 valence electrons. The molecule has 0 atom stereocenters. The molecule has 2 aromatic rings. The minimum absolute atomic E-state index is 0.378. The summed E-state index contributed by atoms with van der Waals surface area (Å²) in [6.45, 7) is 2.98. The maximum absolute atomic E-state index is 6.08. The first-order valence-corrected chi connectivity index (χ1v) is 6.25. The lowest BCUT2D eigenvalue weighted by atomic mass is 10.1. The lowest BCUT2D eigenvalue weighted by molar-refractivity contribution is 0.302. The van der Waals surface area contributed by atoms with Gasteiger partial charge >= 0.3 is 0 Å². The van der Waals surface area contributed by atoms with Crippen molar-refractivity contribution in [1.82, 2.24) is 0 Å². The Bertz CT molecular complexity index is 540. The Labute approximate surface area is 112 Å². The first kappa shape index (κ1) is 12.9. The zero-order chi connectivity index (χ0) is 13.0. The van der Waals surface area contributed by atoms with Crippen molar-refractivity contribution < 1.29 is 4.74 Å². The summed E-state index contributed by atoms with van der Waals surface area (Å²) in [6.07, 6.45) is 0. The van der Waals surface area contributed by atoms with Gasteiger partial charge in [-0.3, -0.25) is 0 Å². The molecule has 2 N–H and O–H groups in total. The molecule has 0 unspecified atom stereocenters. The monoisotopic (exact) mass is 261 g/mol. The van der Waals surface area contributed by atoms with Crippen LogP contribution in [0.2, 0.25) is 5.02 Å². The van der Waals surface area contributed by atoms with Crippen LogP contribution in [-0.2, 0) is 13.2 Å². The summed E-state index contributed by atoms with van der Waals surface area (Å²) < 4.78 is 5.81. The van der Waals surface area contributed by atoms with Crippen LogP contribution in [0.15, 0.2) is 42.5 Å². The number of aryl methyl sites for hydroxylation is 1. The normalized spacial score (nSPS) is 10.4. The van der Waals surface area contributed by atoms with Gasteiger partial charge in [-0.2, -0.15) is 0 Å². The molecule has 2 aromatic carbocycles. The second kappa shape index (κ2) is 5.89. The lowest BCUT2D eigenvalue weighted by Gasteiger charge is -2.12. The fraction of sp³-hybridized carbons (Fsp3) is 0.200. The zero-order valence-electron chi connectivity index (χ0n) is 10.3. The molecule has 0 saturated heterocycles. The molecule has 0 amide bonds. The van der Waals surface area contributed by atoms with E-state index in [2.05, 4.69) is 19.1 Å². The summed E-state index contributed by atoms with van der Waals surface area (Å²) in [4.78, 5) is 0. The molecule has 2 rings (SSSR count). The van der Waals surface area contributed by atoms with Gasteiger partial charge in [-0.1, -0.05) is 41.9 Å². The second-order valence-corrected chi connectivity index (χ2v) is 4.54. The fourth-order valence-electron chi connectivity index (χ4n) is 1.80. The van der Waals surface area contributed by atoms with Gasteiger partial charge in [0.05, 0.1) is 0 Å². The van der Waals surface area contributed by atoms with Crippen molar-refractivity contribution in [3.05, 3.63) is 64.2 Å². The molecule has 0 fully saturated rings. The number of halogens is 1. The van der Waals surface area contributed by atoms with Crippen molar-refractivity contribution in [2.45, 2.75) is 20.1 Å². The van der Waals surface area contributed by atoms with Gasteiger partial charge in [-0.15, -0.1) is 0 Å². The highest BCUT2D eigenvalue weighted by atomic mass is 35.5. The van der Waals surface area contributed by atoms with E-state index < -0.39 is 0 Å². The summed E-state index contributed by atoms with van der Waals surface area (Å²) >= 11 is 6.08. The highest BCUT2D eigenvalue weighted by Crippen LogP contribution is 2.26. The van der Waals surface area contributed by atoms with Gasteiger partial charge in [0.25, 0.3) is 0 Å². The Morgan fingerprint density at radius 1 is 1.11 bits per heavy atom. The largest absolute Gasteiger partial charge is 0.489 e. The summed E-state index contributed by atoms with van der Waals surface area (Å²) in [6, 6.07) is 13.7. The first-order chi connectivity index (χ1) is 8.72. The van der Waals surface area contributed by atoms with Crippen LogP contribution in [0.1, 0.15) is 16.7 Å². The van der Waals surface area contributed by atoms with Crippen LogP contribution >= 0.6 is 11.6 Å². The summed E-state index contributed by atoms with van der Waals surface area (Å²) in [5.41, 5.74) is 8.92. The number of hydrogen-bond donors (Lipinski definition) is 1. The number of ether oxygens (including phenoxy) is 1. The SMILES string of the molecule is Cc1ccccc1COc1cccc(Cl)c1CN. The van der Waals surface area contributed by atoms with E-state index in [0.717, 1.165) is 11.3 Å². The van der Waals surface area contributed by atoms with E-state index in [1.165, 1.54) is 11.1 Å². The highest BCUT2D eigenvalue weighted by molar-refractivity contribution is 6.31. The molecule has 0 aliphatic heterocycles. The topological polar surface area (TPSA) is 35.2 Å². The van der Waals surface area contributed by atoms with Crippen molar-refractivity contribution in [3.8, 4) is 5.75 Å². The number of hydrogen-bond acceptors (Lipinski definition) is 2. The third-order valence-electron chi connectivity index (χ3n) is 2.92. The van der Waals surface area contributed by atoms with Crippen LogP contribution in [-0.4, -0.2) is 0 Å². The van der Waals surface area contributed by atoms with Crippen LogP contribution in [0.4, 0.5) is 0 Å². The zero-order valence-corrected chi connectivity index (χ0v) is 11.1. The summed E-state index contributed by atoms with van der Waals surface area (Å²) in [5.74, 6) is 0.758. The number of benzene rings is 2. The van der Waals surface area contributed by atoms with Gasteiger partial charge < -0.3 is 10.5 Å². The predicted octanol–water partition coefficient (Wildman–Crippen LogP) is 3.69. The van der Waals surface area contributed by atoms with Crippen LogP contribution in [0, 0.1) is 6.92 Å². The Morgan fingerprint density at radius 3 is 2.61 bits per heavy atom. The Kier molecular flexibility index (Phi) is 4.24. The average Bonchev–Trinajstić information content (AvgIpc) is 2.38. The molecule has 0 aromatic heterocycles. The molecular formula is C15H16ClNO. The van der Waals surface area contributed by atoms with E-state index in [1.807, 2.05) is 30.3 Å². The predicted molar refractivity (Wildman–Crippen MR) is 74.9 cm³/mol. The molecule has 2 nitrogen and oxygen atoms in total. The fourth-order valence-corrected chi connectivity index (χ4v) is 2.04. The van der Waals surface area contributed by atoms with Crippen molar-refractivity contribution in [3.63, 3.8) is 0 Å². The van der Waals surface area contributed by atoms with Crippen molar-refractivity contribution in [1.29, 1.82) is 0 Å². The van der Waals surface area contributed by atoms with E-state index in [0.29, 0.717) is 18.2 Å². The maximum Gasteiger partial charge on any atom is 0.125 e. The van der Waals surface area contributed by atoms with Gasteiger partial charge in [-0.25, -0.2) is 0 Å². The van der Waals surface area contributed by atoms with Crippen molar-refractivity contribution in [2.75, 3.05) is 0 Å². The third kappa shape index (κ3) is 2.84. The first-order valence-electron chi connectivity index (χ1n) is 5.87. The van der Waals surface area contributed by atoms with Crippen molar-refractivity contribution >= 4 is 11.6 Å². The lowest BCUT2D eigenvalue weighted by Crippen LogP contribution is -2.04. The molecular weight excluding hydrogens is 246 g/mol. The van der Waals surface area contributed by atoms with Gasteiger partial charge in [-0.05, 0) is 30.2 Å². The minimum atomic E-state index is 0.378. The molecule has 0 heterocycles. The maximum atomic E-state index is 6.08. The molecule has 0 aliphatic rings. The molecule has 0 radical (unpaired) electrons. The van der Waals surface area contributed by atoms with E-state index in [1.54, 1.807) is 0 Å². The second-order valence-electron chi connectivity index (χ2n) is 4.14. The van der Waals surface area contributed by atoms with Crippen molar-refractivity contribution in [2.24, 2.45) is 5.73 Å². The minimum Gasteiger partial charge on any atom is -0.489 e. The average molecular weight is 262 g/mol. The smallest absolute Gasteiger partial charge is 0.125 e. The molecule has 0 saturated carbocycles. The van der Waals surface area contributed by atoms with Gasteiger partial charge in [0.2, 0.25) is 0 Å². The Balaban J connectivity index is 2.16. The van der Waals surface area contributed by atoms with Crippen LogP contribution < -0.4 is 10.5 Å². The van der Waals surface area contributed by atoms with Gasteiger partial charge in [0.1, 0.15) is 12.4 Å². The van der Waals surface area contributed by atoms with E-state index >= 15 is 0 Å². The quantitative estimate of drug-likeness (QED) is 0.911. The Hall–Kier alpha value is -1.51. The summed E-state index contributed by atoms with van der Waals surface area (Å²) in [7, 11) is 0. The highest BCUT2D eigenvalue weighted by Gasteiger charge is 2.07. The third-order valence-corrected chi connectivity index (χ3v) is 3.28. The molecule has 3 heteroatoms. The van der Waals surface area contributed by atoms with Crippen LogP contribution in [0.25, 0.3) is 0 Å². The van der Waals surface area contributed by atoms with Gasteiger partial charge in [0, 0.05) is 17.1 Å². The Morgan fingerprint density at radius 2 is 1.89 bits per heavy atom. The number of nitrogens with two attached hydrogens (primary N) is 1. The van der Waals surface area contributed by atoms with Crippen LogP contribution in [0.5, 0.6) is 5.75 Å². The standard InChI is InChI=1S/C15H16ClNO/c1-11-5-2-3-6-12(11)10-18-15-8-4-7-14(16)13(15)9-17/h2-8H,9-10,17H2,1H3. The van der Waals surface area contributed by atoms with Gasteiger partial charge in [0.15, 0.2) is 0 Å². The molecule has 0 spiro atoms. The molecule has 0 aliphatic carbocycles. The van der Waals surface area contributed by atoms with Crippen LogP contribution in [0.3, 0.4) is 0 Å². The van der Waals surface area contributed by atoms with E-state index in [9.17, 15) is 0 Å². The summed E-state index contributed by atoms with van der Waals surface area (Å²) in [5, 5.41) is 0.653. The van der Waals surface area contributed by atoms with E-state index in [4.69, 9.17) is 22.1 Å². The number of rotatable bonds is 4.